The van der Waals surface area contributed by atoms with Gasteiger partial charge >= 0.3 is 6.18 Å². The standard InChI is InChI=1S/C13H16BrF3N4O2/c1-4-9(20-8(3)10(14)7(2)19-20)11(22)21-12(23,5-6-18-21)13(15,16)17/h6,9,23H,4-5H2,1-3H3/t9-,12+/m0/s1. The van der Waals surface area contributed by atoms with Crippen LogP contribution in [0.3, 0.4) is 0 Å². The Labute approximate surface area is 139 Å². The number of hydrogen-bond acceptors (Lipinski definition) is 4. The summed E-state index contributed by atoms with van der Waals surface area (Å²) in [4.78, 5) is 12.6. The van der Waals surface area contributed by atoms with E-state index in [4.69, 9.17) is 0 Å². The summed E-state index contributed by atoms with van der Waals surface area (Å²) < 4.78 is 41.4. The van der Waals surface area contributed by atoms with Crippen LogP contribution in [-0.2, 0) is 4.79 Å². The summed E-state index contributed by atoms with van der Waals surface area (Å²) in [6, 6.07) is -0.996. The van der Waals surface area contributed by atoms with E-state index in [-0.39, 0.29) is 11.4 Å². The number of aryl methyl sites for hydroxylation is 1. The van der Waals surface area contributed by atoms with Crippen molar-refractivity contribution in [2.24, 2.45) is 5.10 Å². The van der Waals surface area contributed by atoms with Crippen LogP contribution in [0.5, 0.6) is 0 Å². The van der Waals surface area contributed by atoms with Gasteiger partial charge in [0.15, 0.2) is 0 Å². The zero-order valence-electron chi connectivity index (χ0n) is 12.7. The normalized spacial score (nSPS) is 22.7. The van der Waals surface area contributed by atoms with E-state index in [2.05, 4.69) is 26.1 Å². The van der Waals surface area contributed by atoms with Crippen molar-refractivity contribution in [3.05, 3.63) is 15.9 Å². The Morgan fingerprint density at radius 1 is 1.52 bits per heavy atom. The van der Waals surface area contributed by atoms with Crippen molar-refractivity contribution in [1.29, 1.82) is 0 Å². The third-order valence-corrected chi connectivity index (χ3v) is 4.94. The van der Waals surface area contributed by atoms with Gasteiger partial charge in [0.2, 0.25) is 0 Å². The van der Waals surface area contributed by atoms with E-state index < -0.39 is 30.3 Å². The van der Waals surface area contributed by atoms with E-state index in [1.807, 2.05) is 0 Å². The van der Waals surface area contributed by atoms with Gasteiger partial charge in [-0.2, -0.15) is 28.4 Å². The molecule has 0 aromatic carbocycles. The smallest absolute Gasteiger partial charge is 0.362 e. The molecular formula is C13H16BrF3N4O2. The predicted octanol–water partition coefficient (Wildman–Crippen LogP) is 2.68. The van der Waals surface area contributed by atoms with Gasteiger partial charge in [0, 0.05) is 12.6 Å². The number of alkyl halides is 3. The number of halogens is 4. The molecule has 2 heterocycles. The Hall–Kier alpha value is -1.42. The van der Waals surface area contributed by atoms with E-state index in [1.54, 1.807) is 20.8 Å². The van der Waals surface area contributed by atoms with Gasteiger partial charge in [0.05, 0.1) is 15.9 Å². The minimum absolute atomic E-state index is 0.117. The van der Waals surface area contributed by atoms with Gasteiger partial charge in [-0.15, -0.1) is 0 Å². The predicted molar refractivity (Wildman–Crippen MR) is 79.7 cm³/mol. The van der Waals surface area contributed by atoms with Crippen LogP contribution in [-0.4, -0.2) is 43.9 Å². The fourth-order valence-corrected chi connectivity index (χ4v) is 2.71. The summed E-state index contributed by atoms with van der Waals surface area (Å²) in [6.45, 7) is 5.06. The zero-order valence-corrected chi connectivity index (χ0v) is 14.3. The van der Waals surface area contributed by atoms with Crippen molar-refractivity contribution in [3.8, 4) is 0 Å². The quantitative estimate of drug-likeness (QED) is 0.853. The molecule has 0 saturated carbocycles. The van der Waals surface area contributed by atoms with Gasteiger partial charge in [-0.05, 0) is 36.2 Å². The van der Waals surface area contributed by atoms with Crippen molar-refractivity contribution >= 4 is 28.1 Å². The molecule has 23 heavy (non-hydrogen) atoms. The van der Waals surface area contributed by atoms with Crippen molar-refractivity contribution in [2.75, 3.05) is 0 Å². The topological polar surface area (TPSA) is 70.7 Å². The van der Waals surface area contributed by atoms with Crippen LogP contribution in [0.1, 0.15) is 37.2 Å². The SMILES string of the molecule is CC[C@@H](C(=O)N1N=CC[C@@]1(O)C(F)(F)F)n1nc(C)c(Br)c1C. The minimum Gasteiger partial charge on any atom is -0.362 e. The monoisotopic (exact) mass is 396 g/mol. The van der Waals surface area contributed by atoms with E-state index in [1.165, 1.54) is 4.68 Å². The molecule has 1 aliphatic heterocycles. The van der Waals surface area contributed by atoms with Crippen molar-refractivity contribution < 1.29 is 23.1 Å². The molecule has 0 spiro atoms. The summed E-state index contributed by atoms with van der Waals surface area (Å²) in [5.74, 6) is -0.959. The van der Waals surface area contributed by atoms with Crippen molar-refractivity contribution in [1.82, 2.24) is 14.8 Å². The number of amides is 1. The minimum atomic E-state index is -5.01. The first kappa shape index (κ1) is 17.9. The van der Waals surface area contributed by atoms with Crippen LogP contribution in [0.4, 0.5) is 13.2 Å². The zero-order chi connectivity index (χ0) is 17.6. The molecule has 0 saturated heterocycles. The van der Waals surface area contributed by atoms with Gasteiger partial charge in [-0.25, -0.2) is 0 Å². The van der Waals surface area contributed by atoms with Crippen molar-refractivity contribution in [2.45, 2.75) is 51.6 Å². The number of hydrazone groups is 1. The first-order valence-electron chi connectivity index (χ1n) is 6.91. The van der Waals surface area contributed by atoms with E-state index in [9.17, 15) is 23.1 Å². The van der Waals surface area contributed by atoms with Crippen molar-refractivity contribution in [3.63, 3.8) is 0 Å². The maximum Gasteiger partial charge on any atom is 0.438 e. The average Bonchev–Trinajstić information content (AvgIpc) is 2.97. The molecule has 10 heteroatoms. The summed E-state index contributed by atoms with van der Waals surface area (Å²) in [5.41, 5.74) is -2.09. The highest BCUT2D eigenvalue weighted by atomic mass is 79.9. The largest absolute Gasteiger partial charge is 0.438 e. The van der Waals surface area contributed by atoms with E-state index in [0.717, 1.165) is 6.21 Å². The van der Waals surface area contributed by atoms with Crippen LogP contribution >= 0.6 is 15.9 Å². The summed E-state index contributed by atoms with van der Waals surface area (Å²) in [6.07, 6.45) is -4.71. The fraction of sp³-hybridized carbons (Fsp3) is 0.615. The molecule has 1 amide bonds. The summed E-state index contributed by atoms with van der Waals surface area (Å²) in [7, 11) is 0. The molecule has 0 fully saturated rings. The number of aliphatic hydroxyl groups is 1. The molecule has 0 bridgehead atoms. The second-order valence-corrected chi connectivity index (χ2v) is 6.11. The number of carbonyl (C=O) groups excluding carboxylic acids is 1. The van der Waals surface area contributed by atoms with Crippen LogP contribution < -0.4 is 0 Å². The lowest BCUT2D eigenvalue weighted by Gasteiger charge is -2.34. The van der Waals surface area contributed by atoms with Gasteiger partial charge in [0.25, 0.3) is 11.6 Å². The molecule has 128 valence electrons. The maximum absolute atomic E-state index is 13.1. The second kappa shape index (κ2) is 5.90. The second-order valence-electron chi connectivity index (χ2n) is 5.32. The van der Waals surface area contributed by atoms with E-state index >= 15 is 0 Å². The lowest BCUT2D eigenvalue weighted by molar-refractivity contribution is -0.303. The molecule has 6 nitrogen and oxygen atoms in total. The molecule has 1 N–H and O–H groups in total. The molecule has 0 unspecified atom stereocenters. The third kappa shape index (κ3) is 2.78. The van der Waals surface area contributed by atoms with Crippen LogP contribution in [0.25, 0.3) is 0 Å². The molecule has 2 rings (SSSR count). The van der Waals surface area contributed by atoms with Crippen LogP contribution in [0.2, 0.25) is 0 Å². The maximum atomic E-state index is 13.1. The van der Waals surface area contributed by atoms with Gasteiger partial charge in [-0.3, -0.25) is 9.48 Å². The lowest BCUT2D eigenvalue weighted by Crippen LogP contribution is -2.57. The average molecular weight is 397 g/mol. The molecule has 0 aliphatic carbocycles. The number of carbonyl (C=O) groups is 1. The van der Waals surface area contributed by atoms with E-state index in [0.29, 0.717) is 15.9 Å². The number of hydrogen-bond donors (Lipinski definition) is 1. The molecule has 2 atom stereocenters. The third-order valence-electron chi connectivity index (χ3n) is 3.79. The molecule has 1 aromatic heterocycles. The number of nitrogens with zero attached hydrogens (tertiary/aromatic N) is 4. The highest BCUT2D eigenvalue weighted by Crippen LogP contribution is 2.40. The fourth-order valence-electron chi connectivity index (χ4n) is 2.45. The molecule has 1 aromatic rings. The molecule has 0 radical (unpaired) electrons. The first-order chi connectivity index (χ1) is 10.5. The number of aromatic nitrogens is 2. The Balaban J connectivity index is 2.41. The Morgan fingerprint density at radius 2 is 2.13 bits per heavy atom. The Morgan fingerprint density at radius 3 is 2.57 bits per heavy atom. The summed E-state index contributed by atoms with van der Waals surface area (Å²) >= 11 is 3.32. The molecule has 1 aliphatic rings. The van der Waals surface area contributed by atoms with Gasteiger partial charge in [-0.1, -0.05) is 6.92 Å². The Kier molecular flexibility index (Phi) is 4.60. The van der Waals surface area contributed by atoms with Crippen LogP contribution in [0, 0.1) is 13.8 Å². The first-order valence-corrected chi connectivity index (χ1v) is 7.70. The summed E-state index contributed by atoms with van der Waals surface area (Å²) in [5, 5.41) is 17.6. The van der Waals surface area contributed by atoms with Crippen LogP contribution in [0.15, 0.2) is 9.57 Å². The lowest BCUT2D eigenvalue weighted by atomic mass is 10.1. The molecular weight excluding hydrogens is 381 g/mol. The highest BCUT2D eigenvalue weighted by molar-refractivity contribution is 9.10. The highest BCUT2D eigenvalue weighted by Gasteiger charge is 2.62. The number of rotatable bonds is 3. The Bertz CT molecular complexity index is 658. The van der Waals surface area contributed by atoms with Gasteiger partial charge < -0.3 is 5.11 Å². The van der Waals surface area contributed by atoms with Gasteiger partial charge in [0.1, 0.15) is 6.04 Å².